The number of anilines is 1. The smallest absolute Gasteiger partial charge is 0.339 e. The predicted octanol–water partition coefficient (Wildman–Crippen LogP) is 2.78. The van der Waals surface area contributed by atoms with Crippen molar-refractivity contribution in [1.29, 1.82) is 0 Å². The van der Waals surface area contributed by atoms with Crippen LogP contribution in [0, 0.1) is 6.92 Å². The Morgan fingerprint density at radius 2 is 1.76 bits per heavy atom. The van der Waals surface area contributed by atoms with E-state index in [1.807, 2.05) is 18.9 Å². The average Bonchev–Trinajstić information content (AvgIpc) is 2.59. The zero-order valence-electron chi connectivity index (χ0n) is 15.0. The minimum Gasteiger partial charge on any atom is -0.465 e. The van der Waals surface area contributed by atoms with Crippen LogP contribution in [0.1, 0.15) is 34.6 Å². The summed E-state index contributed by atoms with van der Waals surface area (Å²) in [6.45, 7) is 3.76. The van der Waals surface area contributed by atoms with Crippen LogP contribution in [-0.4, -0.2) is 39.8 Å². The number of sulfone groups is 1. The van der Waals surface area contributed by atoms with Crippen molar-refractivity contribution in [1.82, 2.24) is 4.98 Å². The lowest BCUT2D eigenvalue weighted by molar-refractivity contribution is 0.0599. The standard InChI is InChI=1S/C18H22N2O4S/c1-12-16(18(21)24-4)10-11-17(19-12)20(3)13(2)14-6-8-15(9-7-14)25(5,22)23/h6-11,13H,1-5H3. The van der Waals surface area contributed by atoms with Crippen molar-refractivity contribution >= 4 is 21.6 Å². The summed E-state index contributed by atoms with van der Waals surface area (Å²) in [6, 6.07) is 10.2. The number of hydrogen-bond donors (Lipinski definition) is 0. The molecule has 0 spiro atoms. The number of pyridine rings is 1. The van der Waals surface area contributed by atoms with Gasteiger partial charge in [-0.05, 0) is 43.7 Å². The van der Waals surface area contributed by atoms with E-state index in [0.717, 1.165) is 5.56 Å². The number of ether oxygens (including phenoxy) is 1. The molecule has 0 aliphatic heterocycles. The third-order valence-corrected chi connectivity index (χ3v) is 5.34. The molecular weight excluding hydrogens is 340 g/mol. The number of aromatic nitrogens is 1. The first-order valence-electron chi connectivity index (χ1n) is 7.74. The van der Waals surface area contributed by atoms with Crippen molar-refractivity contribution in [3.8, 4) is 0 Å². The number of esters is 1. The van der Waals surface area contributed by atoms with Crippen LogP contribution in [0.25, 0.3) is 0 Å². The van der Waals surface area contributed by atoms with Crippen LogP contribution in [0.4, 0.5) is 5.82 Å². The molecule has 6 nitrogen and oxygen atoms in total. The molecule has 0 bridgehead atoms. The molecule has 0 N–H and O–H groups in total. The van der Waals surface area contributed by atoms with E-state index in [2.05, 4.69) is 4.98 Å². The fourth-order valence-corrected chi connectivity index (χ4v) is 3.12. The largest absolute Gasteiger partial charge is 0.465 e. The van der Waals surface area contributed by atoms with E-state index in [0.29, 0.717) is 22.0 Å². The molecule has 1 atom stereocenters. The number of nitrogens with zero attached hydrogens (tertiary/aromatic N) is 2. The highest BCUT2D eigenvalue weighted by Crippen LogP contribution is 2.25. The molecule has 7 heteroatoms. The molecule has 1 aromatic heterocycles. The van der Waals surface area contributed by atoms with Gasteiger partial charge in [-0.25, -0.2) is 18.2 Å². The van der Waals surface area contributed by atoms with Crippen LogP contribution in [0.5, 0.6) is 0 Å². The lowest BCUT2D eigenvalue weighted by Gasteiger charge is -2.27. The molecule has 0 saturated heterocycles. The first-order chi connectivity index (χ1) is 11.6. The molecule has 0 fully saturated rings. The monoisotopic (exact) mass is 362 g/mol. The van der Waals surface area contributed by atoms with Gasteiger partial charge in [0.2, 0.25) is 0 Å². The molecule has 25 heavy (non-hydrogen) atoms. The molecule has 0 aliphatic carbocycles. The van der Waals surface area contributed by atoms with Gasteiger partial charge in [0, 0.05) is 13.3 Å². The Kier molecular flexibility index (Phi) is 5.47. The van der Waals surface area contributed by atoms with Gasteiger partial charge in [0.05, 0.1) is 29.3 Å². The fraction of sp³-hybridized carbons (Fsp3) is 0.333. The molecule has 0 amide bonds. The second-order valence-electron chi connectivity index (χ2n) is 5.92. The van der Waals surface area contributed by atoms with E-state index in [-0.39, 0.29) is 6.04 Å². The maximum atomic E-state index is 11.7. The minimum atomic E-state index is -3.21. The van der Waals surface area contributed by atoms with Crippen molar-refractivity contribution in [2.24, 2.45) is 0 Å². The van der Waals surface area contributed by atoms with Crippen molar-refractivity contribution in [3.63, 3.8) is 0 Å². The van der Waals surface area contributed by atoms with Gasteiger partial charge in [-0.1, -0.05) is 12.1 Å². The van der Waals surface area contributed by atoms with E-state index in [9.17, 15) is 13.2 Å². The summed E-state index contributed by atoms with van der Waals surface area (Å²) in [6.07, 6.45) is 1.19. The maximum absolute atomic E-state index is 11.7. The van der Waals surface area contributed by atoms with Crippen LogP contribution in [0.3, 0.4) is 0 Å². The van der Waals surface area contributed by atoms with E-state index < -0.39 is 15.8 Å². The fourth-order valence-electron chi connectivity index (χ4n) is 2.49. The van der Waals surface area contributed by atoms with Gasteiger partial charge in [0.15, 0.2) is 9.84 Å². The van der Waals surface area contributed by atoms with Crippen LogP contribution in [-0.2, 0) is 14.6 Å². The average molecular weight is 362 g/mol. The number of hydrogen-bond acceptors (Lipinski definition) is 6. The van der Waals surface area contributed by atoms with Crippen LogP contribution in [0.2, 0.25) is 0 Å². The highest BCUT2D eigenvalue weighted by atomic mass is 32.2. The first kappa shape index (κ1) is 18.9. The van der Waals surface area contributed by atoms with Crippen LogP contribution >= 0.6 is 0 Å². The first-order valence-corrected chi connectivity index (χ1v) is 9.63. The predicted molar refractivity (Wildman–Crippen MR) is 96.7 cm³/mol. The van der Waals surface area contributed by atoms with Gasteiger partial charge < -0.3 is 9.64 Å². The summed E-state index contributed by atoms with van der Waals surface area (Å²) < 4.78 is 27.9. The van der Waals surface area contributed by atoms with Gasteiger partial charge in [-0.15, -0.1) is 0 Å². The highest BCUT2D eigenvalue weighted by molar-refractivity contribution is 7.90. The maximum Gasteiger partial charge on any atom is 0.339 e. The Balaban J connectivity index is 2.26. The molecule has 1 aromatic carbocycles. The summed E-state index contributed by atoms with van der Waals surface area (Å²) in [5, 5.41) is 0. The Labute approximate surface area is 148 Å². The Hall–Kier alpha value is -2.41. The Morgan fingerprint density at radius 1 is 1.16 bits per heavy atom. The summed E-state index contributed by atoms with van der Waals surface area (Å²) in [5.74, 6) is 0.299. The second kappa shape index (κ2) is 7.23. The zero-order valence-corrected chi connectivity index (χ0v) is 15.8. The molecule has 134 valence electrons. The van der Waals surface area contributed by atoms with Crippen molar-refractivity contribution in [3.05, 3.63) is 53.2 Å². The van der Waals surface area contributed by atoms with Crippen LogP contribution < -0.4 is 4.90 Å². The quantitative estimate of drug-likeness (QED) is 0.761. The van der Waals surface area contributed by atoms with Gasteiger partial charge >= 0.3 is 5.97 Å². The van der Waals surface area contributed by atoms with Gasteiger partial charge in [0.1, 0.15) is 5.82 Å². The number of carbonyl (C=O) groups excluding carboxylic acids is 1. The van der Waals surface area contributed by atoms with E-state index in [4.69, 9.17) is 4.74 Å². The van der Waals surface area contributed by atoms with Gasteiger partial charge in [0.25, 0.3) is 0 Å². The molecule has 0 saturated carbocycles. The second-order valence-corrected chi connectivity index (χ2v) is 7.94. The van der Waals surface area contributed by atoms with Crippen molar-refractivity contribution < 1.29 is 17.9 Å². The third-order valence-electron chi connectivity index (χ3n) is 4.21. The summed E-state index contributed by atoms with van der Waals surface area (Å²) >= 11 is 0. The molecule has 1 unspecified atom stereocenters. The van der Waals surface area contributed by atoms with Crippen molar-refractivity contribution in [2.75, 3.05) is 25.3 Å². The molecule has 0 radical (unpaired) electrons. The van der Waals surface area contributed by atoms with Gasteiger partial charge in [-0.2, -0.15) is 0 Å². The Morgan fingerprint density at radius 3 is 2.24 bits per heavy atom. The summed E-state index contributed by atoms with van der Waals surface area (Å²) in [5.41, 5.74) is 1.99. The number of benzene rings is 1. The molecule has 0 aliphatic rings. The minimum absolute atomic E-state index is 0.0236. The lowest BCUT2D eigenvalue weighted by atomic mass is 10.1. The van der Waals surface area contributed by atoms with E-state index >= 15 is 0 Å². The number of aryl methyl sites for hydroxylation is 1. The molecule has 2 rings (SSSR count). The van der Waals surface area contributed by atoms with E-state index in [1.54, 1.807) is 43.3 Å². The number of carbonyl (C=O) groups is 1. The van der Waals surface area contributed by atoms with E-state index in [1.165, 1.54) is 13.4 Å². The lowest BCUT2D eigenvalue weighted by Crippen LogP contribution is -2.23. The molecular formula is C18H22N2O4S. The zero-order chi connectivity index (χ0) is 18.8. The number of methoxy groups -OCH3 is 1. The SMILES string of the molecule is COC(=O)c1ccc(N(C)C(C)c2ccc(S(C)(=O)=O)cc2)nc1C. The molecule has 1 heterocycles. The van der Waals surface area contributed by atoms with Crippen LogP contribution in [0.15, 0.2) is 41.3 Å². The Bertz CT molecular complexity index is 876. The third kappa shape index (κ3) is 4.17. The highest BCUT2D eigenvalue weighted by Gasteiger charge is 2.17. The molecule has 2 aromatic rings. The normalized spacial score (nSPS) is 12.5. The number of rotatable bonds is 5. The summed E-state index contributed by atoms with van der Waals surface area (Å²) in [4.78, 5) is 18.4. The topological polar surface area (TPSA) is 76.6 Å². The van der Waals surface area contributed by atoms with Crippen molar-refractivity contribution in [2.45, 2.75) is 24.8 Å². The van der Waals surface area contributed by atoms with Gasteiger partial charge in [-0.3, -0.25) is 0 Å². The summed E-state index contributed by atoms with van der Waals surface area (Å²) in [7, 11) is 0.0264.